The second-order valence-electron chi connectivity index (χ2n) is 6.47. The number of nitrogen functional groups attached to an aromatic ring is 1. The van der Waals surface area contributed by atoms with Gasteiger partial charge in [-0.2, -0.15) is 0 Å². The molecule has 130 valence electrons. The van der Waals surface area contributed by atoms with E-state index in [1.54, 1.807) is 24.3 Å². The van der Waals surface area contributed by atoms with Gasteiger partial charge in [0.1, 0.15) is 5.71 Å². The second kappa shape index (κ2) is 7.94. The molecular weight excluding hydrogens is 312 g/mol. The number of nitrogens with zero attached hydrogens (tertiary/aromatic N) is 1. The van der Waals surface area contributed by atoms with Crippen LogP contribution in [0.25, 0.3) is 0 Å². The summed E-state index contributed by atoms with van der Waals surface area (Å²) in [5.41, 5.74) is 8.05. The van der Waals surface area contributed by atoms with E-state index in [0.29, 0.717) is 11.3 Å². The summed E-state index contributed by atoms with van der Waals surface area (Å²) in [5, 5.41) is 11.1. The Labute approximate surface area is 148 Å². The molecule has 0 atom stereocenters. The quantitative estimate of drug-likeness (QED) is 0.579. The lowest BCUT2D eigenvalue weighted by Gasteiger charge is -2.32. The van der Waals surface area contributed by atoms with Crippen LogP contribution in [0.5, 0.6) is 0 Å². The Morgan fingerprint density at radius 3 is 2.40 bits per heavy atom. The highest BCUT2D eigenvalue weighted by Gasteiger charge is 2.23. The SMILES string of the molecule is N=C(C(=O)NC1CCN(Cc2ccccc2)CC1)c1ccccc1N. The molecule has 0 spiro atoms. The van der Waals surface area contributed by atoms with E-state index in [1.807, 2.05) is 6.07 Å². The molecule has 3 rings (SSSR count). The molecule has 1 heterocycles. The lowest BCUT2D eigenvalue weighted by atomic mass is 10.0. The molecule has 0 radical (unpaired) electrons. The zero-order chi connectivity index (χ0) is 17.6. The van der Waals surface area contributed by atoms with Crippen LogP contribution in [-0.2, 0) is 11.3 Å². The zero-order valence-corrected chi connectivity index (χ0v) is 14.2. The molecule has 0 saturated carbocycles. The van der Waals surface area contributed by atoms with Crippen molar-refractivity contribution in [3.05, 3.63) is 65.7 Å². The number of amides is 1. The number of hydrogen-bond acceptors (Lipinski definition) is 4. The van der Waals surface area contributed by atoms with Crippen molar-refractivity contribution < 1.29 is 4.79 Å². The average Bonchev–Trinajstić information content (AvgIpc) is 2.64. The number of piperidine rings is 1. The van der Waals surface area contributed by atoms with Gasteiger partial charge in [0.15, 0.2) is 0 Å². The standard InChI is InChI=1S/C20H24N4O/c21-18-9-5-4-8-17(18)19(22)20(25)23-16-10-12-24(13-11-16)14-15-6-2-1-3-7-15/h1-9,16,22H,10-14,21H2,(H,23,25). The van der Waals surface area contributed by atoms with E-state index in [-0.39, 0.29) is 17.7 Å². The Morgan fingerprint density at radius 2 is 1.72 bits per heavy atom. The summed E-state index contributed by atoms with van der Waals surface area (Å²) in [6.07, 6.45) is 1.80. The van der Waals surface area contributed by atoms with Crippen LogP contribution >= 0.6 is 0 Å². The summed E-state index contributed by atoms with van der Waals surface area (Å²) in [4.78, 5) is 14.7. The molecular formula is C20H24N4O. The summed E-state index contributed by atoms with van der Waals surface area (Å²) < 4.78 is 0. The summed E-state index contributed by atoms with van der Waals surface area (Å²) in [6, 6.07) is 17.5. The van der Waals surface area contributed by atoms with Crippen LogP contribution < -0.4 is 11.1 Å². The lowest BCUT2D eigenvalue weighted by Crippen LogP contribution is -2.46. The molecule has 25 heavy (non-hydrogen) atoms. The van der Waals surface area contributed by atoms with E-state index < -0.39 is 0 Å². The molecule has 0 unspecified atom stereocenters. The van der Waals surface area contributed by atoms with E-state index in [9.17, 15) is 4.79 Å². The van der Waals surface area contributed by atoms with Gasteiger partial charge in [-0.05, 0) is 24.5 Å². The molecule has 0 aliphatic carbocycles. The third-order valence-electron chi connectivity index (χ3n) is 4.63. The number of carbonyl (C=O) groups excluding carboxylic acids is 1. The van der Waals surface area contributed by atoms with E-state index >= 15 is 0 Å². The van der Waals surface area contributed by atoms with Gasteiger partial charge in [0.2, 0.25) is 0 Å². The van der Waals surface area contributed by atoms with E-state index in [2.05, 4.69) is 34.5 Å². The Balaban J connectivity index is 1.49. The number of nitrogens with one attached hydrogen (secondary N) is 2. The maximum Gasteiger partial charge on any atom is 0.270 e. The van der Waals surface area contributed by atoms with Crippen molar-refractivity contribution in [1.82, 2.24) is 10.2 Å². The molecule has 5 heteroatoms. The minimum Gasteiger partial charge on any atom is -0.398 e. The highest BCUT2D eigenvalue weighted by Crippen LogP contribution is 2.15. The molecule has 1 fully saturated rings. The number of nitrogens with two attached hydrogens (primary N) is 1. The van der Waals surface area contributed by atoms with Gasteiger partial charge in [0.25, 0.3) is 5.91 Å². The predicted octanol–water partition coefficient (Wildman–Crippen LogP) is 2.42. The number of rotatable bonds is 5. The number of anilines is 1. The first kappa shape index (κ1) is 17.2. The smallest absolute Gasteiger partial charge is 0.270 e. The van der Waals surface area contributed by atoms with E-state index in [1.165, 1.54) is 5.56 Å². The van der Waals surface area contributed by atoms with Crippen molar-refractivity contribution in [2.75, 3.05) is 18.8 Å². The van der Waals surface area contributed by atoms with Crippen LogP contribution in [0.2, 0.25) is 0 Å². The summed E-state index contributed by atoms with van der Waals surface area (Å²) in [6.45, 7) is 2.83. The van der Waals surface area contributed by atoms with Crippen molar-refractivity contribution in [3.8, 4) is 0 Å². The Kier molecular flexibility index (Phi) is 5.46. The molecule has 0 bridgehead atoms. The van der Waals surface area contributed by atoms with E-state index in [0.717, 1.165) is 32.5 Å². The molecule has 2 aromatic rings. The number of para-hydroxylation sites is 1. The van der Waals surface area contributed by atoms with Gasteiger partial charge in [-0.1, -0.05) is 48.5 Å². The highest BCUT2D eigenvalue weighted by atomic mass is 16.1. The Hall–Kier alpha value is -2.66. The van der Waals surface area contributed by atoms with Crippen molar-refractivity contribution in [1.29, 1.82) is 5.41 Å². The third-order valence-corrected chi connectivity index (χ3v) is 4.63. The highest BCUT2D eigenvalue weighted by molar-refractivity contribution is 6.45. The second-order valence-corrected chi connectivity index (χ2v) is 6.47. The maximum absolute atomic E-state index is 12.3. The van der Waals surface area contributed by atoms with Gasteiger partial charge in [-0.3, -0.25) is 15.1 Å². The summed E-state index contributed by atoms with van der Waals surface area (Å²) in [5.74, 6) is -0.348. The number of benzene rings is 2. The maximum atomic E-state index is 12.3. The minimum absolute atomic E-state index is 0.0650. The molecule has 0 aromatic heterocycles. The number of carbonyl (C=O) groups is 1. The Morgan fingerprint density at radius 1 is 1.08 bits per heavy atom. The normalized spacial score (nSPS) is 15.7. The topological polar surface area (TPSA) is 82.2 Å². The molecule has 5 nitrogen and oxygen atoms in total. The lowest BCUT2D eigenvalue weighted by molar-refractivity contribution is -0.115. The fourth-order valence-electron chi connectivity index (χ4n) is 3.18. The van der Waals surface area contributed by atoms with Crippen LogP contribution in [-0.4, -0.2) is 35.7 Å². The Bertz CT molecular complexity index is 736. The van der Waals surface area contributed by atoms with Gasteiger partial charge in [-0.15, -0.1) is 0 Å². The van der Waals surface area contributed by atoms with Crippen molar-refractivity contribution in [2.45, 2.75) is 25.4 Å². The molecule has 2 aromatic carbocycles. The fraction of sp³-hybridized carbons (Fsp3) is 0.300. The van der Waals surface area contributed by atoms with Gasteiger partial charge < -0.3 is 11.1 Å². The van der Waals surface area contributed by atoms with E-state index in [4.69, 9.17) is 11.1 Å². The van der Waals surface area contributed by atoms with Crippen LogP contribution in [0.1, 0.15) is 24.0 Å². The van der Waals surface area contributed by atoms with Gasteiger partial charge in [-0.25, -0.2) is 0 Å². The number of likely N-dealkylation sites (tertiary alicyclic amines) is 1. The summed E-state index contributed by atoms with van der Waals surface area (Å²) in [7, 11) is 0. The van der Waals surface area contributed by atoms with Gasteiger partial charge >= 0.3 is 0 Å². The number of hydrogen-bond donors (Lipinski definition) is 3. The summed E-state index contributed by atoms with van der Waals surface area (Å²) >= 11 is 0. The molecule has 1 aliphatic heterocycles. The van der Waals surface area contributed by atoms with Crippen LogP contribution in [0.15, 0.2) is 54.6 Å². The average molecular weight is 336 g/mol. The molecule has 1 aliphatic rings. The van der Waals surface area contributed by atoms with Crippen molar-refractivity contribution in [2.24, 2.45) is 0 Å². The zero-order valence-electron chi connectivity index (χ0n) is 14.2. The van der Waals surface area contributed by atoms with Crippen LogP contribution in [0.3, 0.4) is 0 Å². The first-order valence-electron chi connectivity index (χ1n) is 8.64. The fourth-order valence-corrected chi connectivity index (χ4v) is 3.18. The molecule has 1 saturated heterocycles. The minimum atomic E-state index is -0.348. The first-order chi connectivity index (χ1) is 12.1. The van der Waals surface area contributed by atoms with Crippen LogP contribution in [0.4, 0.5) is 5.69 Å². The third kappa shape index (κ3) is 4.45. The van der Waals surface area contributed by atoms with Gasteiger partial charge in [0.05, 0.1) is 0 Å². The van der Waals surface area contributed by atoms with Gasteiger partial charge in [0, 0.05) is 36.9 Å². The monoisotopic (exact) mass is 336 g/mol. The molecule has 1 amide bonds. The van der Waals surface area contributed by atoms with Crippen LogP contribution in [0, 0.1) is 5.41 Å². The van der Waals surface area contributed by atoms with Crippen molar-refractivity contribution >= 4 is 17.3 Å². The largest absolute Gasteiger partial charge is 0.398 e. The predicted molar refractivity (Wildman–Crippen MR) is 101 cm³/mol. The molecule has 4 N–H and O–H groups in total. The van der Waals surface area contributed by atoms with Crippen molar-refractivity contribution in [3.63, 3.8) is 0 Å². The first-order valence-corrected chi connectivity index (χ1v) is 8.64.